The molecule has 0 saturated heterocycles. The van der Waals surface area contributed by atoms with E-state index >= 15 is 0 Å². The molecule has 0 spiro atoms. The average Bonchev–Trinajstić information content (AvgIpc) is 2.68. The predicted molar refractivity (Wildman–Crippen MR) is 120 cm³/mol. The monoisotopic (exact) mass is 408 g/mol. The van der Waals surface area contributed by atoms with E-state index in [-0.39, 0.29) is 17.0 Å². The molecule has 1 heterocycles. The van der Waals surface area contributed by atoms with Gasteiger partial charge in [0.2, 0.25) is 0 Å². The second-order valence-electron chi connectivity index (χ2n) is 7.75. The summed E-state index contributed by atoms with van der Waals surface area (Å²) in [7, 11) is 0. The third-order valence-corrected chi connectivity index (χ3v) is 4.86. The molecule has 0 aliphatic heterocycles. The number of para-hydroxylation sites is 1. The Morgan fingerprint density at radius 2 is 1.90 bits per heavy atom. The maximum Gasteiger partial charge on any atom is 0.273 e. The Balaban J connectivity index is 1.79. The molecule has 0 aliphatic rings. The molecule has 4 nitrogen and oxygen atoms in total. The first-order valence-electron chi connectivity index (χ1n) is 9.59. The standard InChI is InChI=1S/C24H25ClN2O2/c1-5-29-21-15-20(27-22-18(21)7-6-8-19(22)25)23(28)26-14-13-16-9-11-17(12-10-16)24(2,3)4/h6-15H,5H2,1-4H3,(H,26,28)/b14-13+. The van der Waals surface area contributed by atoms with Crippen molar-refractivity contribution >= 4 is 34.5 Å². The lowest BCUT2D eigenvalue weighted by Gasteiger charge is -2.18. The molecule has 1 amide bonds. The lowest BCUT2D eigenvalue weighted by Crippen LogP contribution is -2.18. The van der Waals surface area contributed by atoms with Crippen molar-refractivity contribution in [1.29, 1.82) is 0 Å². The van der Waals surface area contributed by atoms with Crippen LogP contribution in [-0.4, -0.2) is 17.5 Å². The van der Waals surface area contributed by atoms with Crippen molar-refractivity contribution in [3.05, 3.63) is 76.6 Å². The van der Waals surface area contributed by atoms with Crippen LogP contribution in [0.1, 0.15) is 49.3 Å². The number of carbonyl (C=O) groups is 1. The summed E-state index contributed by atoms with van der Waals surface area (Å²) < 4.78 is 5.68. The van der Waals surface area contributed by atoms with Gasteiger partial charge >= 0.3 is 0 Å². The van der Waals surface area contributed by atoms with Gasteiger partial charge in [0.05, 0.1) is 17.1 Å². The number of hydrogen-bond acceptors (Lipinski definition) is 3. The van der Waals surface area contributed by atoms with Gasteiger partial charge in [-0.3, -0.25) is 4.79 Å². The normalized spacial score (nSPS) is 11.8. The number of benzene rings is 2. The number of aromatic nitrogens is 1. The number of nitrogens with one attached hydrogen (secondary N) is 1. The molecule has 5 heteroatoms. The van der Waals surface area contributed by atoms with E-state index < -0.39 is 0 Å². The highest BCUT2D eigenvalue weighted by atomic mass is 35.5. The highest BCUT2D eigenvalue weighted by molar-refractivity contribution is 6.35. The van der Waals surface area contributed by atoms with Gasteiger partial charge in [0.1, 0.15) is 11.4 Å². The second-order valence-corrected chi connectivity index (χ2v) is 8.16. The Morgan fingerprint density at radius 3 is 2.55 bits per heavy atom. The Labute approximate surface area is 176 Å². The Kier molecular flexibility index (Phi) is 6.23. The lowest BCUT2D eigenvalue weighted by molar-refractivity contribution is 0.0965. The third-order valence-electron chi connectivity index (χ3n) is 4.55. The van der Waals surface area contributed by atoms with Crippen LogP contribution in [0.5, 0.6) is 5.75 Å². The fraction of sp³-hybridized carbons (Fsp3) is 0.250. The fourth-order valence-electron chi connectivity index (χ4n) is 2.96. The summed E-state index contributed by atoms with van der Waals surface area (Å²) in [5, 5.41) is 4.03. The number of pyridine rings is 1. The molecule has 0 unspecified atom stereocenters. The van der Waals surface area contributed by atoms with Gasteiger partial charge in [-0.15, -0.1) is 0 Å². The molecule has 1 aromatic heterocycles. The van der Waals surface area contributed by atoms with Crippen LogP contribution in [0, 0.1) is 0 Å². The van der Waals surface area contributed by atoms with Gasteiger partial charge in [-0.2, -0.15) is 0 Å². The molecule has 2 aromatic carbocycles. The van der Waals surface area contributed by atoms with Crippen LogP contribution in [0.3, 0.4) is 0 Å². The number of carbonyl (C=O) groups excluding carboxylic acids is 1. The van der Waals surface area contributed by atoms with Crippen molar-refractivity contribution in [2.45, 2.75) is 33.1 Å². The van der Waals surface area contributed by atoms with E-state index in [0.29, 0.717) is 22.9 Å². The molecule has 0 radical (unpaired) electrons. The van der Waals surface area contributed by atoms with E-state index in [1.165, 1.54) is 5.56 Å². The molecular formula is C24H25ClN2O2. The summed E-state index contributed by atoms with van der Waals surface area (Å²) in [5.41, 5.74) is 3.17. The molecule has 0 fully saturated rings. The first-order valence-corrected chi connectivity index (χ1v) is 9.97. The zero-order valence-electron chi connectivity index (χ0n) is 17.1. The molecule has 150 valence electrons. The van der Waals surface area contributed by atoms with E-state index in [9.17, 15) is 4.79 Å². The van der Waals surface area contributed by atoms with Crippen LogP contribution in [0.15, 0.2) is 54.7 Å². The molecule has 0 bridgehead atoms. The topological polar surface area (TPSA) is 51.2 Å². The maximum atomic E-state index is 12.6. The van der Waals surface area contributed by atoms with Gasteiger partial charge in [-0.25, -0.2) is 4.98 Å². The molecule has 1 N–H and O–H groups in total. The van der Waals surface area contributed by atoms with Gasteiger partial charge in [0, 0.05) is 17.7 Å². The summed E-state index contributed by atoms with van der Waals surface area (Å²) in [4.78, 5) is 17.0. The summed E-state index contributed by atoms with van der Waals surface area (Å²) in [6.07, 6.45) is 3.47. The number of nitrogens with zero attached hydrogens (tertiary/aromatic N) is 1. The number of amides is 1. The van der Waals surface area contributed by atoms with Gasteiger partial charge in [0.25, 0.3) is 5.91 Å². The van der Waals surface area contributed by atoms with E-state index in [4.69, 9.17) is 16.3 Å². The van der Waals surface area contributed by atoms with Crippen molar-refractivity contribution in [1.82, 2.24) is 10.3 Å². The summed E-state index contributed by atoms with van der Waals surface area (Å²) >= 11 is 6.27. The van der Waals surface area contributed by atoms with Crippen molar-refractivity contribution < 1.29 is 9.53 Å². The Bertz CT molecular complexity index is 1050. The minimum absolute atomic E-state index is 0.109. The maximum absolute atomic E-state index is 12.6. The molecule has 0 saturated carbocycles. The zero-order chi connectivity index (χ0) is 21.0. The van der Waals surface area contributed by atoms with Crippen LogP contribution in [-0.2, 0) is 5.41 Å². The van der Waals surface area contributed by atoms with Crippen molar-refractivity contribution in [3.63, 3.8) is 0 Å². The minimum Gasteiger partial charge on any atom is -0.493 e. The van der Waals surface area contributed by atoms with Crippen LogP contribution in [0.4, 0.5) is 0 Å². The van der Waals surface area contributed by atoms with Crippen LogP contribution in [0.25, 0.3) is 17.0 Å². The van der Waals surface area contributed by atoms with Crippen LogP contribution in [0.2, 0.25) is 5.02 Å². The number of halogens is 1. The molecular weight excluding hydrogens is 384 g/mol. The Hall–Kier alpha value is -2.85. The van der Waals surface area contributed by atoms with Crippen LogP contribution < -0.4 is 10.1 Å². The smallest absolute Gasteiger partial charge is 0.273 e. The average molecular weight is 409 g/mol. The van der Waals surface area contributed by atoms with E-state index in [1.807, 2.05) is 37.3 Å². The van der Waals surface area contributed by atoms with E-state index in [0.717, 1.165) is 10.9 Å². The predicted octanol–water partition coefficient (Wildman–Crippen LogP) is 5.99. The zero-order valence-corrected chi connectivity index (χ0v) is 17.9. The summed E-state index contributed by atoms with van der Waals surface area (Å²) in [6, 6.07) is 15.4. The number of ether oxygens (including phenoxy) is 1. The summed E-state index contributed by atoms with van der Waals surface area (Å²) in [6.45, 7) is 8.91. The molecule has 0 atom stereocenters. The van der Waals surface area contributed by atoms with E-state index in [2.05, 4.69) is 43.2 Å². The van der Waals surface area contributed by atoms with E-state index in [1.54, 1.807) is 18.3 Å². The van der Waals surface area contributed by atoms with Gasteiger partial charge in [-0.05, 0) is 41.7 Å². The van der Waals surface area contributed by atoms with Gasteiger partial charge in [-0.1, -0.05) is 62.7 Å². The fourth-order valence-corrected chi connectivity index (χ4v) is 3.17. The van der Waals surface area contributed by atoms with Crippen molar-refractivity contribution in [3.8, 4) is 5.75 Å². The Morgan fingerprint density at radius 1 is 1.17 bits per heavy atom. The highest BCUT2D eigenvalue weighted by Gasteiger charge is 2.14. The molecule has 3 rings (SSSR count). The highest BCUT2D eigenvalue weighted by Crippen LogP contribution is 2.30. The minimum atomic E-state index is -0.324. The molecule has 29 heavy (non-hydrogen) atoms. The number of rotatable bonds is 5. The SMILES string of the molecule is CCOc1cc(C(=O)N/C=C/c2ccc(C(C)(C)C)cc2)nc2c(Cl)cccc12. The second kappa shape index (κ2) is 8.66. The van der Waals surface area contributed by atoms with Gasteiger partial charge in [0.15, 0.2) is 0 Å². The number of hydrogen-bond donors (Lipinski definition) is 1. The first-order chi connectivity index (χ1) is 13.8. The molecule has 3 aromatic rings. The molecule has 0 aliphatic carbocycles. The van der Waals surface area contributed by atoms with Crippen molar-refractivity contribution in [2.75, 3.05) is 6.61 Å². The quantitative estimate of drug-likeness (QED) is 0.564. The number of fused-ring (bicyclic) bond motifs is 1. The lowest BCUT2D eigenvalue weighted by atomic mass is 9.87. The van der Waals surface area contributed by atoms with Crippen molar-refractivity contribution in [2.24, 2.45) is 0 Å². The largest absolute Gasteiger partial charge is 0.493 e. The first kappa shape index (κ1) is 20.9. The summed E-state index contributed by atoms with van der Waals surface area (Å²) in [5.74, 6) is 0.266. The van der Waals surface area contributed by atoms with Crippen LogP contribution >= 0.6 is 11.6 Å². The van der Waals surface area contributed by atoms with Gasteiger partial charge < -0.3 is 10.1 Å². The third kappa shape index (κ3) is 4.96.